The largest absolute Gasteiger partial charge is 0.457 e. The maximum Gasteiger partial charge on any atom is 0.255 e. The van der Waals surface area contributed by atoms with E-state index in [-0.39, 0.29) is 5.91 Å². The minimum atomic E-state index is -0.158. The van der Waals surface area contributed by atoms with Gasteiger partial charge in [-0.05, 0) is 72.8 Å². The van der Waals surface area contributed by atoms with Gasteiger partial charge < -0.3 is 14.5 Å². The normalized spacial score (nSPS) is 10.8. The Morgan fingerprint density at radius 1 is 0.909 bits per heavy atom. The third-order valence-corrected chi connectivity index (χ3v) is 5.96. The van der Waals surface area contributed by atoms with Gasteiger partial charge in [0.15, 0.2) is 0 Å². The highest BCUT2D eigenvalue weighted by molar-refractivity contribution is 7.98. The Kier molecular flexibility index (Phi) is 6.04. The predicted octanol–water partition coefficient (Wildman–Crippen LogP) is 6.07. The maximum absolute atomic E-state index is 12.6. The van der Waals surface area contributed by atoms with E-state index >= 15 is 0 Å². The highest BCUT2D eigenvalue weighted by Gasteiger charge is 2.08. The van der Waals surface area contributed by atoms with Crippen molar-refractivity contribution in [3.8, 4) is 11.5 Å². The van der Waals surface area contributed by atoms with Gasteiger partial charge in [0.1, 0.15) is 17.1 Å². The number of aromatic nitrogens is 3. The molecule has 0 bridgehead atoms. The maximum atomic E-state index is 12.6. The van der Waals surface area contributed by atoms with E-state index in [1.54, 1.807) is 36.3 Å². The molecule has 0 spiro atoms. The molecule has 1 amide bonds. The highest BCUT2D eigenvalue weighted by atomic mass is 32.2. The second kappa shape index (κ2) is 9.58. The molecule has 6 nitrogen and oxygen atoms in total. The summed E-state index contributed by atoms with van der Waals surface area (Å²) in [5.41, 5.74) is 3.26. The molecule has 1 N–H and O–H groups in total. The summed E-state index contributed by atoms with van der Waals surface area (Å²) in [7, 11) is 0. The molecule has 0 atom stereocenters. The minimum absolute atomic E-state index is 0.158. The summed E-state index contributed by atoms with van der Waals surface area (Å²) in [6, 6.07) is 24.4. The van der Waals surface area contributed by atoms with Crippen molar-refractivity contribution in [3.05, 3.63) is 115 Å². The van der Waals surface area contributed by atoms with Crippen molar-refractivity contribution in [2.45, 2.75) is 10.6 Å². The first-order valence-electron chi connectivity index (χ1n) is 10.4. The molecular formula is C26H20N4O2S. The van der Waals surface area contributed by atoms with Crippen LogP contribution in [0.1, 0.15) is 16.1 Å². The minimum Gasteiger partial charge on any atom is -0.457 e. The van der Waals surface area contributed by atoms with Gasteiger partial charge in [0, 0.05) is 46.7 Å². The topological polar surface area (TPSA) is 68.5 Å². The van der Waals surface area contributed by atoms with Crippen LogP contribution in [0.2, 0.25) is 0 Å². The van der Waals surface area contributed by atoms with Crippen LogP contribution in [0.25, 0.3) is 5.65 Å². The van der Waals surface area contributed by atoms with Crippen molar-refractivity contribution < 1.29 is 9.53 Å². The summed E-state index contributed by atoms with van der Waals surface area (Å²) in [4.78, 5) is 22.3. The molecule has 33 heavy (non-hydrogen) atoms. The average Bonchev–Trinajstić information content (AvgIpc) is 3.28. The Morgan fingerprint density at radius 2 is 1.67 bits per heavy atom. The number of fused-ring (bicyclic) bond motifs is 1. The van der Waals surface area contributed by atoms with Crippen molar-refractivity contribution in [1.29, 1.82) is 0 Å². The number of ether oxygens (including phenoxy) is 1. The average molecular weight is 453 g/mol. The molecule has 3 aromatic heterocycles. The number of pyridine rings is 2. The van der Waals surface area contributed by atoms with Gasteiger partial charge in [0.25, 0.3) is 5.91 Å². The van der Waals surface area contributed by atoms with Crippen molar-refractivity contribution in [2.24, 2.45) is 0 Å². The molecule has 2 aromatic carbocycles. The quantitative estimate of drug-likeness (QED) is 0.304. The monoisotopic (exact) mass is 452 g/mol. The SMILES string of the molecule is O=C(Nc1ccc(Oc2ccncc2)cc1)c1ccc(SCc2cn3ccccc3n2)cc1. The molecule has 5 aromatic rings. The standard InChI is InChI=1S/C26H20N4O2S/c31-26(29-20-6-8-22(9-7-20)32-23-12-14-27-15-13-23)19-4-10-24(11-5-19)33-18-21-17-30-16-2-1-3-25(30)28-21/h1-17H,18H2,(H,29,31). The lowest BCUT2D eigenvalue weighted by Crippen LogP contribution is -2.11. The number of hydrogen-bond donors (Lipinski definition) is 1. The van der Waals surface area contributed by atoms with Crippen LogP contribution >= 0.6 is 11.8 Å². The Bertz CT molecular complexity index is 1330. The molecule has 0 saturated heterocycles. The second-order valence-electron chi connectivity index (χ2n) is 7.27. The van der Waals surface area contributed by atoms with Crippen LogP contribution in [0.4, 0.5) is 5.69 Å². The first-order chi connectivity index (χ1) is 16.2. The van der Waals surface area contributed by atoms with Crippen molar-refractivity contribution in [1.82, 2.24) is 14.4 Å². The summed E-state index contributed by atoms with van der Waals surface area (Å²) in [5.74, 6) is 2.00. The van der Waals surface area contributed by atoms with Gasteiger partial charge in [-0.15, -0.1) is 11.8 Å². The van der Waals surface area contributed by atoms with Crippen LogP contribution in [0.3, 0.4) is 0 Å². The first-order valence-corrected chi connectivity index (χ1v) is 11.4. The van der Waals surface area contributed by atoms with Crippen LogP contribution in [0.5, 0.6) is 11.5 Å². The fourth-order valence-corrected chi connectivity index (χ4v) is 4.05. The molecule has 0 fully saturated rings. The van der Waals surface area contributed by atoms with Crippen LogP contribution in [0.15, 0.2) is 109 Å². The lowest BCUT2D eigenvalue weighted by atomic mass is 10.2. The number of benzene rings is 2. The number of carbonyl (C=O) groups excluding carboxylic acids is 1. The van der Waals surface area contributed by atoms with Gasteiger partial charge in [0.05, 0.1) is 5.69 Å². The van der Waals surface area contributed by atoms with Crippen LogP contribution in [-0.2, 0) is 5.75 Å². The van der Waals surface area contributed by atoms with Crippen LogP contribution in [-0.4, -0.2) is 20.3 Å². The number of hydrogen-bond acceptors (Lipinski definition) is 5. The van der Waals surface area contributed by atoms with Gasteiger partial charge in [-0.25, -0.2) is 4.98 Å². The summed E-state index contributed by atoms with van der Waals surface area (Å²) >= 11 is 1.69. The van der Waals surface area contributed by atoms with Gasteiger partial charge in [-0.3, -0.25) is 9.78 Å². The summed E-state index contributed by atoms with van der Waals surface area (Å²) in [6.45, 7) is 0. The number of amides is 1. The lowest BCUT2D eigenvalue weighted by molar-refractivity contribution is 0.102. The van der Waals surface area contributed by atoms with E-state index in [2.05, 4.69) is 15.3 Å². The Labute approximate surface area is 195 Å². The van der Waals surface area contributed by atoms with Gasteiger partial charge in [-0.1, -0.05) is 6.07 Å². The Balaban J connectivity index is 1.16. The number of anilines is 1. The van der Waals surface area contributed by atoms with E-state index in [1.165, 1.54) is 0 Å². The number of rotatable bonds is 7. The fraction of sp³-hybridized carbons (Fsp3) is 0.0385. The van der Waals surface area contributed by atoms with E-state index < -0.39 is 0 Å². The zero-order chi connectivity index (χ0) is 22.5. The van der Waals surface area contributed by atoms with Crippen molar-refractivity contribution in [3.63, 3.8) is 0 Å². The molecule has 3 heterocycles. The fourth-order valence-electron chi connectivity index (χ4n) is 3.27. The number of nitrogens with one attached hydrogen (secondary N) is 1. The number of imidazole rings is 1. The van der Waals surface area contributed by atoms with Crippen LogP contribution in [0, 0.1) is 0 Å². The molecule has 0 aliphatic carbocycles. The number of thioether (sulfide) groups is 1. The Hall–Kier alpha value is -4.10. The van der Waals surface area contributed by atoms with Crippen LogP contribution < -0.4 is 10.1 Å². The highest BCUT2D eigenvalue weighted by Crippen LogP contribution is 2.25. The summed E-state index contributed by atoms with van der Waals surface area (Å²) in [6.07, 6.45) is 7.38. The molecule has 0 saturated carbocycles. The number of carbonyl (C=O) groups is 1. The van der Waals surface area contributed by atoms with E-state index in [9.17, 15) is 4.79 Å². The lowest BCUT2D eigenvalue weighted by Gasteiger charge is -2.08. The summed E-state index contributed by atoms with van der Waals surface area (Å²) in [5, 5.41) is 2.92. The van der Waals surface area contributed by atoms with Gasteiger partial charge in [0.2, 0.25) is 0 Å². The predicted molar refractivity (Wildman–Crippen MR) is 130 cm³/mol. The van der Waals surface area contributed by atoms with Gasteiger partial charge >= 0.3 is 0 Å². The molecular weight excluding hydrogens is 432 g/mol. The molecule has 0 aliphatic rings. The molecule has 5 rings (SSSR count). The smallest absolute Gasteiger partial charge is 0.255 e. The molecule has 162 valence electrons. The third-order valence-electron chi connectivity index (χ3n) is 4.91. The third kappa shape index (κ3) is 5.22. The molecule has 0 unspecified atom stereocenters. The van der Waals surface area contributed by atoms with E-state index in [0.717, 1.165) is 22.0 Å². The second-order valence-corrected chi connectivity index (χ2v) is 8.32. The molecule has 0 aliphatic heterocycles. The summed E-state index contributed by atoms with van der Waals surface area (Å²) < 4.78 is 7.76. The molecule has 7 heteroatoms. The number of nitrogens with zero attached hydrogens (tertiary/aromatic N) is 3. The first kappa shape index (κ1) is 20.8. The zero-order valence-electron chi connectivity index (χ0n) is 17.6. The van der Waals surface area contributed by atoms with E-state index in [0.29, 0.717) is 22.7 Å². The zero-order valence-corrected chi connectivity index (χ0v) is 18.4. The van der Waals surface area contributed by atoms with E-state index in [4.69, 9.17) is 4.74 Å². The van der Waals surface area contributed by atoms with Gasteiger partial charge in [-0.2, -0.15) is 0 Å². The molecule has 0 radical (unpaired) electrons. The van der Waals surface area contributed by atoms with E-state index in [1.807, 2.05) is 83.5 Å². The Morgan fingerprint density at radius 3 is 2.42 bits per heavy atom. The van der Waals surface area contributed by atoms with Crippen molar-refractivity contribution in [2.75, 3.05) is 5.32 Å². The van der Waals surface area contributed by atoms with Crippen molar-refractivity contribution >= 4 is 29.0 Å².